The van der Waals surface area contributed by atoms with E-state index in [1.807, 2.05) is 13.0 Å². The Morgan fingerprint density at radius 3 is 2.62 bits per heavy atom. The highest BCUT2D eigenvalue weighted by Gasteiger charge is 2.22. The van der Waals surface area contributed by atoms with Crippen LogP contribution in [0.2, 0.25) is 0 Å². The minimum absolute atomic E-state index is 0.430. The predicted molar refractivity (Wildman–Crippen MR) is 88.0 cm³/mol. The molecule has 1 fully saturated rings. The Kier molecular flexibility index (Phi) is 6.22. The van der Waals surface area contributed by atoms with Gasteiger partial charge < -0.3 is 5.32 Å². The molecule has 6 heteroatoms. The number of rotatable bonds is 7. The van der Waals surface area contributed by atoms with Crippen molar-refractivity contribution < 1.29 is 8.42 Å². The average molecular weight is 331 g/mol. The quantitative estimate of drug-likeness (QED) is 0.808. The van der Waals surface area contributed by atoms with Crippen LogP contribution in [0.15, 0.2) is 16.3 Å². The molecule has 0 radical (unpaired) electrons. The molecule has 0 unspecified atom stereocenters. The van der Waals surface area contributed by atoms with Gasteiger partial charge in [0.2, 0.25) is 10.0 Å². The summed E-state index contributed by atoms with van der Waals surface area (Å²) in [6.07, 6.45) is 4.72. The molecule has 2 N–H and O–H groups in total. The standard InChI is InChI=1S/C15H26N2O2S2/c1-3-16-11-14-8-9-15(20-14)21(18,19)17-10-13-6-4-12(2)5-7-13/h8-9,12-13,16-17H,3-7,10-11H2,1-2H3. The molecule has 0 spiro atoms. The van der Waals surface area contributed by atoms with Gasteiger partial charge in [-0.2, -0.15) is 0 Å². The summed E-state index contributed by atoms with van der Waals surface area (Å²) in [5.74, 6) is 1.29. The first-order chi connectivity index (χ1) is 10.0. The van der Waals surface area contributed by atoms with Crippen LogP contribution >= 0.6 is 11.3 Å². The van der Waals surface area contributed by atoms with Crippen LogP contribution < -0.4 is 10.0 Å². The van der Waals surface area contributed by atoms with E-state index in [1.54, 1.807) is 6.07 Å². The first-order valence-corrected chi connectivity index (χ1v) is 10.1. The maximum atomic E-state index is 12.3. The van der Waals surface area contributed by atoms with E-state index in [9.17, 15) is 8.42 Å². The summed E-state index contributed by atoms with van der Waals surface area (Å²) in [5, 5.41) is 3.21. The molecule has 21 heavy (non-hydrogen) atoms. The van der Waals surface area contributed by atoms with Crippen molar-refractivity contribution in [1.82, 2.24) is 10.0 Å². The van der Waals surface area contributed by atoms with E-state index in [2.05, 4.69) is 17.0 Å². The van der Waals surface area contributed by atoms with E-state index in [0.717, 1.165) is 36.7 Å². The van der Waals surface area contributed by atoms with Crippen LogP contribution in [-0.4, -0.2) is 21.5 Å². The highest BCUT2D eigenvalue weighted by molar-refractivity contribution is 7.91. The van der Waals surface area contributed by atoms with Crippen LogP contribution in [0.5, 0.6) is 0 Å². The van der Waals surface area contributed by atoms with Crippen LogP contribution in [0.1, 0.15) is 44.4 Å². The van der Waals surface area contributed by atoms with Crippen LogP contribution in [0.3, 0.4) is 0 Å². The molecule has 1 aromatic rings. The van der Waals surface area contributed by atoms with Gasteiger partial charge in [0.05, 0.1) is 0 Å². The second-order valence-corrected chi connectivity index (χ2v) is 9.14. The highest BCUT2D eigenvalue weighted by atomic mass is 32.2. The van der Waals surface area contributed by atoms with Gasteiger partial charge in [0, 0.05) is 18.0 Å². The molecule has 0 aliphatic heterocycles. The zero-order valence-electron chi connectivity index (χ0n) is 12.9. The van der Waals surface area contributed by atoms with Crippen LogP contribution in [0.4, 0.5) is 0 Å². The van der Waals surface area contributed by atoms with Crippen molar-refractivity contribution in [3.05, 3.63) is 17.0 Å². The van der Waals surface area contributed by atoms with Gasteiger partial charge in [-0.05, 0) is 43.4 Å². The number of hydrogen-bond acceptors (Lipinski definition) is 4. The summed E-state index contributed by atoms with van der Waals surface area (Å²) >= 11 is 1.35. The molecule has 1 aromatic heterocycles. The lowest BCUT2D eigenvalue weighted by Gasteiger charge is -2.26. The minimum atomic E-state index is -3.34. The zero-order chi connectivity index (χ0) is 15.3. The van der Waals surface area contributed by atoms with Crippen molar-refractivity contribution in [1.29, 1.82) is 0 Å². The fourth-order valence-electron chi connectivity index (χ4n) is 2.68. The van der Waals surface area contributed by atoms with E-state index in [1.165, 1.54) is 24.2 Å². The molecular weight excluding hydrogens is 304 g/mol. The van der Waals surface area contributed by atoms with Crippen molar-refractivity contribution in [2.45, 2.75) is 50.3 Å². The summed E-state index contributed by atoms with van der Waals surface area (Å²) in [4.78, 5) is 1.06. The second kappa shape index (κ2) is 7.72. The fourth-order valence-corrected chi connectivity index (χ4v) is 5.16. The summed E-state index contributed by atoms with van der Waals surface area (Å²) < 4.78 is 27.8. The largest absolute Gasteiger partial charge is 0.312 e. The Bertz CT molecular complexity index is 532. The number of sulfonamides is 1. The van der Waals surface area contributed by atoms with Crippen molar-refractivity contribution in [3.8, 4) is 0 Å². The summed E-state index contributed by atoms with van der Waals surface area (Å²) in [6.45, 7) is 6.51. The van der Waals surface area contributed by atoms with Gasteiger partial charge in [-0.25, -0.2) is 13.1 Å². The van der Waals surface area contributed by atoms with Gasteiger partial charge in [-0.3, -0.25) is 0 Å². The third-order valence-electron chi connectivity index (χ3n) is 4.15. The van der Waals surface area contributed by atoms with Gasteiger partial charge in [-0.1, -0.05) is 26.7 Å². The lowest BCUT2D eigenvalue weighted by molar-refractivity contribution is 0.290. The van der Waals surface area contributed by atoms with Gasteiger partial charge in [-0.15, -0.1) is 11.3 Å². The molecule has 2 rings (SSSR count). The zero-order valence-corrected chi connectivity index (χ0v) is 14.5. The van der Waals surface area contributed by atoms with Gasteiger partial charge >= 0.3 is 0 Å². The van der Waals surface area contributed by atoms with Gasteiger partial charge in [0.15, 0.2) is 0 Å². The van der Waals surface area contributed by atoms with Crippen molar-refractivity contribution in [3.63, 3.8) is 0 Å². The van der Waals surface area contributed by atoms with Crippen LogP contribution in [0, 0.1) is 11.8 Å². The van der Waals surface area contributed by atoms with Crippen LogP contribution in [-0.2, 0) is 16.6 Å². The van der Waals surface area contributed by atoms with Crippen LogP contribution in [0.25, 0.3) is 0 Å². The SMILES string of the molecule is CCNCc1ccc(S(=O)(=O)NCC2CCC(C)CC2)s1. The molecule has 120 valence electrons. The summed E-state index contributed by atoms with van der Waals surface area (Å²) in [5.41, 5.74) is 0. The fraction of sp³-hybridized carbons (Fsp3) is 0.733. The average Bonchev–Trinajstić information content (AvgIpc) is 2.94. The van der Waals surface area contributed by atoms with Crippen molar-refractivity contribution in [2.24, 2.45) is 11.8 Å². The van der Waals surface area contributed by atoms with Crippen molar-refractivity contribution >= 4 is 21.4 Å². The summed E-state index contributed by atoms with van der Waals surface area (Å²) in [6, 6.07) is 3.60. The Balaban J connectivity index is 1.87. The number of hydrogen-bond donors (Lipinski definition) is 2. The molecule has 1 saturated carbocycles. The predicted octanol–water partition coefficient (Wildman–Crippen LogP) is 2.96. The number of thiophene rings is 1. The molecule has 0 amide bonds. The normalized spacial score (nSPS) is 23.3. The van der Waals surface area contributed by atoms with E-state index in [-0.39, 0.29) is 0 Å². The highest BCUT2D eigenvalue weighted by Crippen LogP contribution is 2.28. The molecule has 4 nitrogen and oxygen atoms in total. The molecule has 0 atom stereocenters. The van der Waals surface area contributed by atoms with Crippen molar-refractivity contribution in [2.75, 3.05) is 13.1 Å². The van der Waals surface area contributed by atoms with E-state index in [0.29, 0.717) is 16.7 Å². The molecule has 0 saturated heterocycles. The van der Waals surface area contributed by atoms with E-state index in [4.69, 9.17) is 0 Å². The first kappa shape index (κ1) is 16.9. The third-order valence-corrected chi connectivity index (χ3v) is 7.15. The van der Waals surface area contributed by atoms with Gasteiger partial charge in [0.25, 0.3) is 0 Å². The second-order valence-electron chi connectivity index (χ2n) is 5.98. The maximum Gasteiger partial charge on any atom is 0.250 e. The monoisotopic (exact) mass is 330 g/mol. The van der Waals surface area contributed by atoms with E-state index >= 15 is 0 Å². The Morgan fingerprint density at radius 1 is 1.24 bits per heavy atom. The maximum absolute atomic E-state index is 12.3. The summed E-state index contributed by atoms with van der Waals surface area (Å²) in [7, 11) is -3.34. The van der Waals surface area contributed by atoms with Gasteiger partial charge in [0.1, 0.15) is 4.21 Å². The minimum Gasteiger partial charge on any atom is -0.312 e. The lowest BCUT2D eigenvalue weighted by atomic mass is 9.83. The molecule has 1 aliphatic rings. The Labute approximate surface area is 132 Å². The molecule has 1 aliphatic carbocycles. The first-order valence-electron chi connectivity index (χ1n) is 7.80. The number of nitrogens with one attached hydrogen (secondary N) is 2. The third kappa shape index (κ3) is 5.06. The molecule has 0 bridgehead atoms. The smallest absolute Gasteiger partial charge is 0.250 e. The lowest BCUT2D eigenvalue weighted by Crippen LogP contribution is -2.30. The molecular formula is C15H26N2O2S2. The molecule has 0 aromatic carbocycles. The Hall–Kier alpha value is -0.430. The topological polar surface area (TPSA) is 58.2 Å². The molecule has 1 heterocycles. The van der Waals surface area contributed by atoms with E-state index < -0.39 is 10.0 Å². The Morgan fingerprint density at radius 2 is 1.95 bits per heavy atom.